The van der Waals surface area contributed by atoms with Gasteiger partial charge in [-0.15, -0.1) is 0 Å². The van der Waals surface area contributed by atoms with Gasteiger partial charge in [0.15, 0.2) is 0 Å². The van der Waals surface area contributed by atoms with Gasteiger partial charge in [-0.3, -0.25) is 0 Å². The number of likely N-dealkylation sites (N-methyl/N-ethyl adjacent to an activating group) is 1. The lowest BCUT2D eigenvalue weighted by Crippen LogP contribution is -2.27. The van der Waals surface area contributed by atoms with Crippen LogP contribution in [0.4, 0.5) is 0 Å². The average Bonchev–Trinajstić information content (AvgIpc) is 2.36. The Balaban J connectivity index is 2.46. The van der Waals surface area contributed by atoms with Crippen molar-refractivity contribution in [1.82, 2.24) is 4.90 Å². The quantitative estimate of drug-likeness (QED) is 0.749. The predicted octanol–water partition coefficient (Wildman–Crippen LogP) is 3.07. The van der Waals surface area contributed by atoms with E-state index in [1.165, 1.54) is 0 Å². The number of halogens is 1. The molecular formula is C13H20ClNO2. The molecule has 0 saturated carbocycles. The summed E-state index contributed by atoms with van der Waals surface area (Å²) in [6.07, 6.45) is 0. The van der Waals surface area contributed by atoms with E-state index in [2.05, 4.69) is 18.7 Å². The van der Waals surface area contributed by atoms with Gasteiger partial charge in [0.25, 0.3) is 0 Å². The molecule has 0 aliphatic heterocycles. The molecular weight excluding hydrogens is 238 g/mol. The van der Waals surface area contributed by atoms with Crippen molar-refractivity contribution in [2.75, 3.05) is 33.4 Å². The number of hydrogen-bond donors (Lipinski definition) is 0. The smallest absolute Gasteiger partial charge is 0.138 e. The van der Waals surface area contributed by atoms with Crippen LogP contribution in [-0.4, -0.2) is 38.3 Å². The molecule has 0 amide bonds. The Kier molecular flexibility index (Phi) is 6.16. The van der Waals surface area contributed by atoms with Crippen molar-refractivity contribution >= 4 is 11.6 Å². The van der Waals surface area contributed by atoms with Crippen LogP contribution < -0.4 is 9.47 Å². The SMILES string of the molecule is CCN(CC)CCOc1ccc(OC)cc1Cl. The van der Waals surface area contributed by atoms with Crippen LogP contribution in [0.2, 0.25) is 5.02 Å². The number of ether oxygens (including phenoxy) is 2. The summed E-state index contributed by atoms with van der Waals surface area (Å²) in [6, 6.07) is 5.44. The fourth-order valence-electron chi connectivity index (χ4n) is 1.55. The second-order valence-corrected chi connectivity index (χ2v) is 4.08. The third kappa shape index (κ3) is 4.44. The average molecular weight is 258 g/mol. The Morgan fingerprint density at radius 3 is 2.47 bits per heavy atom. The summed E-state index contributed by atoms with van der Waals surface area (Å²) in [7, 11) is 1.62. The van der Waals surface area contributed by atoms with Crippen molar-refractivity contribution in [3.63, 3.8) is 0 Å². The Hall–Kier alpha value is -0.930. The van der Waals surface area contributed by atoms with Crippen LogP contribution in [0, 0.1) is 0 Å². The van der Waals surface area contributed by atoms with Crippen LogP contribution in [0.15, 0.2) is 18.2 Å². The van der Waals surface area contributed by atoms with Crippen molar-refractivity contribution in [3.8, 4) is 11.5 Å². The highest BCUT2D eigenvalue weighted by molar-refractivity contribution is 6.32. The third-order valence-corrected chi connectivity index (χ3v) is 2.99. The molecule has 4 heteroatoms. The largest absolute Gasteiger partial charge is 0.497 e. The van der Waals surface area contributed by atoms with Crippen LogP contribution in [0.5, 0.6) is 11.5 Å². The molecule has 0 unspecified atom stereocenters. The van der Waals surface area contributed by atoms with Gasteiger partial charge in [0.2, 0.25) is 0 Å². The van der Waals surface area contributed by atoms with Gasteiger partial charge in [-0.1, -0.05) is 25.4 Å². The van der Waals surface area contributed by atoms with Crippen molar-refractivity contribution in [2.24, 2.45) is 0 Å². The van der Waals surface area contributed by atoms with Gasteiger partial charge in [0.05, 0.1) is 12.1 Å². The molecule has 0 aliphatic carbocycles. The van der Waals surface area contributed by atoms with Crippen molar-refractivity contribution in [1.29, 1.82) is 0 Å². The van der Waals surface area contributed by atoms with Crippen LogP contribution in [-0.2, 0) is 0 Å². The van der Waals surface area contributed by atoms with E-state index in [-0.39, 0.29) is 0 Å². The van der Waals surface area contributed by atoms with E-state index in [9.17, 15) is 0 Å². The Bertz CT molecular complexity index is 340. The maximum absolute atomic E-state index is 6.07. The summed E-state index contributed by atoms with van der Waals surface area (Å²) in [5, 5.41) is 0.587. The first-order chi connectivity index (χ1) is 8.21. The summed E-state index contributed by atoms with van der Waals surface area (Å²) in [6.45, 7) is 7.92. The van der Waals surface area contributed by atoms with Crippen molar-refractivity contribution in [2.45, 2.75) is 13.8 Å². The summed E-state index contributed by atoms with van der Waals surface area (Å²) in [4.78, 5) is 2.30. The summed E-state index contributed by atoms with van der Waals surface area (Å²) in [5.41, 5.74) is 0. The molecule has 0 spiro atoms. The molecule has 0 bridgehead atoms. The highest BCUT2D eigenvalue weighted by Crippen LogP contribution is 2.28. The summed E-state index contributed by atoms with van der Waals surface area (Å²) < 4.78 is 10.7. The minimum absolute atomic E-state index is 0.587. The molecule has 0 atom stereocenters. The molecule has 0 N–H and O–H groups in total. The second-order valence-electron chi connectivity index (χ2n) is 3.67. The van der Waals surface area contributed by atoms with Gasteiger partial charge in [-0.05, 0) is 25.2 Å². The van der Waals surface area contributed by atoms with Gasteiger partial charge in [0.1, 0.15) is 18.1 Å². The molecule has 3 nitrogen and oxygen atoms in total. The lowest BCUT2D eigenvalue weighted by Gasteiger charge is -2.18. The molecule has 0 radical (unpaired) electrons. The fraction of sp³-hybridized carbons (Fsp3) is 0.538. The normalized spacial score (nSPS) is 10.6. The number of hydrogen-bond acceptors (Lipinski definition) is 3. The zero-order chi connectivity index (χ0) is 12.7. The molecule has 1 aromatic rings. The standard InChI is InChI=1S/C13H20ClNO2/c1-4-15(5-2)8-9-17-13-7-6-11(16-3)10-12(13)14/h6-7,10H,4-5,8-9H2,1-3H3. The lowest BCUT2D eigenvalue weighted by atomic mass is 10.3. The van der Waals surface area contributed by atoms with E-state index in [1.807, 2.05) is 12.1 Å². The van der Waals surface area contributed by atoms with Crippen LogP contribution >= 0.6 is 11.6 Å². The Morgan fingerprint density at radius 2 is 1.94 bits per heavy atom. The van der Waals surface area contributed by atoms with E-state index in [0.29, 0.717) is 17.4 Å². The molecule has 0 aliphatic rings. The lowest BCUT2D eigenvalue weighted by molar-refractivity contribution is 0.223. The second kappa shape index (κ2) is 7.41. The van der Waals surface area contributed by atoms with Gasteiger partial charge in [-0.2, -0.15) is 0 Å². The van der Waals surface area contributed by atoms with Crippen molar-refractivity contribution in [3.05, 3.63) is 23.2 Å². The molecule has 0 fully saturated rings. The fourth-order valence-corrected chi connectivity index (χ4v) is 1.78. The van der Waals surface area contributed by atoms with E-state index >= 15 is 0 Å². The third-order valence-electron chi connectivity index (χ3n) is 2.70. The van der Waals surface area contributed by atoms with Crippen LogP contribution in [0.3, 0.4) is 0 Å². The van der Waals surface area contributed by atoms with Gasteiger partial charge in [-0.25, -0.2) is 0 Å². The molecule has 1 rings (SSSR count). The predicted molar refractivity (Wildman–Crippen MR) is 71.3 cm³/mol. The minimum atomic E-state index is 0.587. The van der Waals surface area contributed by atoms with Gasteiger partial charge in [0, 0.05) is 12.6 Å². The topological polar surface area (TPSA) is 21.7 Å². The first kappa shape index (κ1) is 14.1. The highest BCUT2D eigenvalue weighted by atomic mass is 35.5. The monoisotopic (exact) mass is 257 g/mol. The number of methoxy groups -OCH3 is 1. The molecule has 17 heavy (non-hydrogen) atoms. The molecule has 0 saturated heterocycles. The minimum Gasteiger partial charge on any atom is -0.497 e. The number of nitrogens with zero attached hydrogens (tertiary/aromatic N) is 1. The van der Waals surface area contributed by atoms with Gasteiger partial charge >= 0.3 is 0 Å². The first-order valence-corrected chi connectivity index (χ1v) is 6.27. The molecule has 0 heterocycles. The molecule has 1 aromatic carbocycles. The highest BCUT2D eigenvalue weighted by Gasteiger charge is 2.04. The summed E-state index contributed by atoms with van der Waals surface area (Å²) >= 11 is 6.07. The van der Waals surface area contributed by atoms with Crippen LogP contribution in [0.1, 0.15) is 13.8 Å². The Labute approximate surface area is 108 Å². The van der Waals surface area contributed by atoms with E-state index in [1.54, 1.807) is 13.2 Å². The molecule has 96 valence electrons. The zero-order valence-electron chi connectivity index (χ0n) is 10.7. The van der Waals surface area contributed by atoms with Crippen molar-refractivity contribution < 1.29 is 9.47 Å². The summed E-state index contributed by atoms with van der Waals surface area (Å²) in [5.74, 6) is 1.45. The van der Waals surface area contributed by atoms with E-state index < -0.39 is 0 Å². The number of benzene rings is 1. The zero-order valence-corrected chi connectivity index (χ0v) is 11.5. The van der Waals surface area contributed by atoms with E-state index in [4.69, 9.17) is 21.1 Å². The number of rotatable bonds is 7. The van der Waals surface area contributed by atoms with Gasteiger partial charge < -0.3 is 14.4 Å². The van der Waals surface area contributed by atoms with E-state index in [0.717, 1.165) is 25.4 Å². The maximum atomic E-state index is 6.07. The molecule has 0 aromatic heterocycles. The Morgan fingerprint density at radius 1 is 1.24 bits per heavy atom. The first-order valence-electron chi connectivity index (χ1n) is 5.90. The van der Waals surface area contributed by atoms with Crippen LogP contribution in [0.25, 0.3) is 0 Å². The maximum Gasteiger partial charge on any atom is 0.138 e.